The van der Waals surface area contributed by atoms with Gasteiger partial charge >= 0.3 is 0 Å². The summed E-state index contributed by atoms with van der Waals surface area (Å²) in [5, 5.41) is 3.33. The Morgan fingerprint density at radius 3 is 3.00 bits per heavy atom. The fraction of sp³-hybridized carbons (Fsp3) is 0.867. The second-order valence-electron chi connectivity index (χ2n) is 5.87. The molecule has 0 saturated carbocycles. The van der Waals surface area contributed by atoms with Crippen LogP contribution in [-0.2, 0) is 0 Å². The summed E-state index contributed by atoms with van der Waals surface area (Å²) in [6, 6.07) is 2.05. The second kappa shape index (κ2) is 6.56. The molecule has 3 nitrogen and oxygen atoms in total. The monoisotopic (exact) mass is 249 g/mol. The van der Waals surface area contributed by atoms with Crippen LogP contribution >= 0.6 is 0 Å². The number of terminal acetylenes is 1. The standard InChI is InChI=1S/C15H27N3/c1-4-8-16-10-13(2)18-12-15-7-5-6-9-17(15)11-14(18)3/h1,13-16H,5-12H2,2-3H3. The Morgan fingerprint density at radius 1 is 1.39 bits per heavy atom. The third kappa shape index (κ3) is 3.26. The first-order valence-electron chi connectivity index (χ1n) is 7.36. The molecule has 2 rings (SSSR count). The Labute approximate surface area is 112 Å². The van der Waals surface area contributed by atoms with Gasteiger partial charge in [-0.05, 0) is 33.2 Å². The second-order valence-corrected chi connectivity index (χ2v) is 5.87. The van der Waals surface area contributed by atoms with Crippen LogP contribution in [0.2, 0.25) is 0 Å². The van der Waals surface area contributed by atoms with E-state index in [9.17, 15) is 0 Å². The van der Waals surface area contributed by atoms with Gasteiger partial charge in [-0.25, -0.2) is 0 Å². The first-order chi connectivity index (χ1) is 8.72. The lowest BCUT2D eigenvalue weighted by atomic mass is 9.96. The van der Waals surface area contributed by atoms with Gasteiger partial charge in [-0.3, -0.25) is 9.80 Å². The summed E-state index contributed by atoms with van der Waals surface area (Å²) in [4.78, 5) is 5.36. The van der Waals surface area contributed by atoms with Gasteiger partial charge in [-0.15, -0.1) is 6.42 Å². The lowest BCUT2D eigenvalue weighted by Gasteiger charge is -2.49. The van der Waals surface area contributed by atoms with Crippen LogP contribution in [0.4, 0.5) is 0 Å². The highest BCUT2D eigenvalue weighted by Gasteiger charge is 2.34. The van der Waals surface area contributed by atoms with Crippen molar-refractivity contribution in [2.45, 2.75) is 51.2 Å². The molecule has 0 aromatic carbocycles. The number of nitrogens with one attached hydrogen (secondary N) is 1. The van der Waals surface area contributed by atoms with E-state index in [0.29, 0.717) is 18.6 Å². The van der Waals surface area contributed by atoms with Crippen molar-refractivity contribution in [1.82, 2.24) is 15.1 Å². The number of piperidine rings is 1. The highest BCUT2D eigenvalue weighted by Crippen LogP contribution is 2.25. The SMILES string of the molecule is C#CCNCC(C)N1CC2CCCCN2CC1C. The van der Waals surface area contributed by atoms with Crippen molar-refractivity contribution >= 4 is 0 Å². The molecule has 0 amide bonds. The van der Waals surface area contributed by atoms with Crippen molar-refractivity contribution in [3.63, 3.8) is 0 Å². The van der Waals surface area contributed by atoms with Crippen LogP contribution < -0.4 is 5.32 Å². The van der Waals surface area contributed by atoms with Crippen LogP contribution in [-0.4, -0.2) is 60.6 Å². The highest BCUT2D eigenvalue weighted by atomic mass is 15.3. The lowest BCUT2D eigenvalue weighted by Crippen LogP contribution is -2.61. The summed E-state index contributed by atoms with van der Waals surface area (Å²) < 4.78 is 0. The maximum absolute atomic E-state index is 5.28. The molecule has 0 aliphatic carbocycles. The minimum Gasteiger partial charge on any atom is -0.305 e. The Hall–Kier alpha value is -0.560. The van der Waals surface area contributed by atoms with Crippen molar-refractivity contribution in [1.29, 1.82) is 0 Å². The molecule has 1 N–H and O–H groups in total. The number of fused-ring (bicyclic) bond motifs is 1. The van der Waals surface area contributed by atoms with E-state index in [2.05, 4.69) is 34.9 Å². The number of nitrogens with zero attached hydrogens (tertiary/aromatic N) is 2. The largest absolute Gasteiger partial charge is 0.305 e. The molecule has 2 aliphatic rings. The molecule has 2 aliphatic heterocycles. The van der Waals surface area contributed by atoms with Gasteiger partial charge in [0.1, 0.15) is 0 Å². The van der Waals surface area contributed by atoms with Gasteiger partial charge < -0.3 is 5.32 Å². The predicted octanol–water partition coefficient (Wildman–Crippen LogP) is 1.16. The average molecular weight is 249 g/mol. The third-order valence-corrected chi connectivity index (χ3v) is 4.47. The zero-order valence-corrected chi connectivity index (χ0v) is 11.9. The molecule has 0 bridgehead atoms. The van der Waals surface area contributed by atoms with Crippen LogP contribution in [0.3, 0.4) is 0 Å². The summed E-state index contributed by atoms with van der Waals surface area (Å²) >= 11 is 0. The van der Waals surface area contributed by atoms with Gasteiger partial charge in [0.05, 0.1) is 6.54 Å². The molecular formula is C15H27N3. The number of hydrogen-bond acceptors (Lipinski definition) is 3. The van der Waals surface area contributed by atoms with E-state index in [-0.39, 0.29) is 0 Å². The van der Waals surface area contributed by atoms with Crippen LogP contribution in [0.5, 0.6) is 0 Å². The minimum absolute atomic E-state index is 0.581. The maximum Gasteiger partial charge on any atom is 0.0574 e. The van der Waals surface area contributed by atoms with E-state index in [0.717, 1.165) is 12.6 Å². The summed E-state index contributed by atoms with van der Waals surface area (Å²) in [6.07, 6.45) is 9.46. The minimum atomic E-state index is 0.581. The first-order valence-corrected chi connectivity index (χ1v) is 7.36. The topological polar surface area (TPSA) is 18.5 Å². The number of hydrogen-bond donors (Lipinski definition) is 1. The molecule has 0 aromatic rings. The smallest absolute Gasteiger partial charge is 0.0574 e. The highest BCUT2D eigenvalue weighted by molar-refractivity contribution is 4.92. The quantitative estimate of drug-likeness (QED) is 0.596. The van der Waals surface area contributed by atoms with Crippen LogP contribution in [0, 0.1) is 12.3 Å². The predicted molar refractivity (Wildman–Crippen MR) is 76.5 cm³/mol. The van der Waals surface area contributed by atoms with Crippen molar-refractivity contribution in [2.75, 3.05) is 32.7 Å². The molecule has 2 heterocycles. The van der Waals surface area contributed by atoms with Gasteiger partial charge in [0.15, 0.2) is 0 Å². The molecule has 102 valence electrons. The summed E-state index contributed by atoms with van der Waals surface area (Å²) in [5.74, 6) is 2.64. The maximum atomic E-state index is 5.28. The van der Waals surface area contributed by atoms with Gasteiger partial charge in [0.2, 0.25) is 0 Å². The average Bonchev–Trinajstić information content (AvgIpc) is 2.38. The molecule has 18 heavy (non-hydrogen) atoms. The molecule has 0 radical (unpaired) electrons. The third-order valence-electron chi connectivity index (χ3n) is 4.47. The fourth-order valence-electron chi connectivity index (χ4n) is 3.46. The molecule has 2 saturated heterocycles. The Bertz CT molecular complexity index is 297. The van der Waals surface area contributed by atoms with E-state index >= 15 is 0 Å². The summed E-state index contributed by atoms with van der Waals surface area (Å²) in [6.45, 7) is 10.2. The summed E-state index contributed by atoms with van der Waals surface area (Å²) in [7, 11) is 0. The lowest BCUT2D eigenvalue weighted by molar-refractivity contribution is -0.00353. The molecule has 0 aromatic heterocycles. The molecule has 3 heteroatoms. The molecule has 0 spiro atoms. The van der Waals surface area contributed by atoms with Gasteiger partial charge in [-0.2, -0.15) is 0 Å². The molecular weight excluding hydrogens is 222 g/mol. The van der Waals surface area contributed by atoms with Crippen molar-refractivity contribution in [3.05, 3.63) is 0 Å². The molecule has 3 atom stereocenters. The number of piperazine rings is 1. The Kier molecular flexibility index (Phi) is 5.05. The molecule has 3 unspecified atom stereocenters. The van der Waals surface area contributed by atoms with Crippen LogP contribution in [0.1, 0.15) is 33.1 Å². The normalized spacial score (nSPS) is 31.6. The van der Waals surface area contributed by atoms with Crippen molar-refractivity contribution in [2.24, 2.45) is 0 Å². The van der Waals surface area contributed by atoms with Gasteiger partial charge in [-0.1, -0.05) is 12.3 Å². The van der Waals surface area contributed by atoms with E-state index in [1.165, 1.54) is 38.9 Å². The first kappa shape index (κ1) is 13.9. The molecule has 2 fully saturated rings. The zero-order valence-electron chi connectivity index (χ0n) is 11.9. The van der Waals surface area contributed by atoms with Crippen molar-refractivity contribution in [3.8, 4) is 12.3 Å². The zero-order chi connectivity index (χ0) is 13.0. The van der Waals surface area contributed by atoms with Crippen LogP contribution in [0.25, 0.3) is 0 Å². The fourth-order valence-corrected chi connectivity index (χ4v) is 3.46. The van der Waals surface area contributed by atoms with E-state index in [1.807, 2.05) is 0 Å². The summed E-state index contributed by atoms with van der Waals surface area (Å²) in [5.41, 5.74) is 0. The number of rotatable bonds is 4. The van der Waals surface area contributed by atoms with E-state index < -0.39 is 0 Å². The van der Waals surface area contributed by atoms with Gasteiger partial charge in [0, 0.05) is 37.8 Å². The van der Waals surface area contributed by atoms with E-state index in [4.69, 9.17) is 6.42 Å². The van der Waals surface area contributed by atoms with Crippen molar-refractivity contribution < 1.29 is 0 Å². The van der Waals surface area contributed by atoms with E-state index in [1.54, 1.807) is 0 Å². The Morgan fingerprint density at radius 2 is 2.22 bits per heavy atom. The van der Waals surface area contributed by atoms with Gasteiger partial charge in [0.25, 0.3) is 0 Å². The Balaban J connectivity index is 1.86. The van der Waals surface area contributed by atoms with Crippen LogP contribution in [0.15, 0.2) is 0 Å².